The predicted molar refractivity (Wildman–Crippen MR) is 80.7 cm³/mol. The minimum Gasteiger partial charge on any atom is -0.459 e. The van der Waals surface area contributed by atoms with Gasteiger partial charge in [-0.3, -0.25) is 4.98 Å². The number of hydrogen-bond acceptors (Lipinski definition) is 3. The number of pyridine rings is 1. The number of furan rings is 1. The number of rotatable bonds is 4. The van der Waals surface area contributed by atoms with E-state index in [1.165, 1.54) is 11.8 Å². The number of aromatic nitrogens is 1. The second-order valence-electron chi connectivity index (χ2n) is 5.08. The van der Waals surface area contributed by atoms with Crippen LogP contribution in [0.5, 0.6) is 0 Å². The molecule has 3 aromatic rings. The molecule has 0 spiro atoms. The molecular formula is C17H17FN2O. The molecule has 1 aromatic carbocycles. The summed E-state index contributed by atoms with van der Waals surface area (Å²) in [5, 5.41) is 4.30. The summed E-state index contributed by atoms with van der Waals surface area (Å²) in [5.74, 6) is 0.377. The van der Waals surface area contributed by atoms with Crippen LogP contribution in [0.2, 0.25) is 0 Å². The summed E-state index contributed by atoms with van der Waals surface area (Å²) in [7, 11) is 0. The molecule has 0 aliphatic rings. The molecule has 0 amide bonds. The van der Waals surface area contributed by atoms with Crippen LogP contribution in [0.1, 0.15) is 29.9 Å². The number of hydrogen-bond donors (Lipinski definition) is 1. The highest BCUT2D eigenvalue weighted by molar-refractivity contribution is 5.78. The Morgan fingerprint density at radius 3 is 2.90 bits per heavy atom. The molecule has 3 nitrogen and oxygen atoms in total. The molecule has 0 saturated heterocycles. The average molecular weight is 284 g/mol. The molecule has 1 unspecified atom stereocenters. The summed E-state index contributed by atoms with van der Waals surface area (Å²) in [6.07, 6.45) is 2.82. The third kappa shape index (κ3) is 2.67. The van der Waals surface area contributed by atoms with Gasteiger partial charge in [-0.15, -0.1) is 0 Å². The molecule has 21 heavy (non-hydrogen) atoms. The minimum absolute atomic E-state index is 0.314. The third-order valence-electron chi connectivity index (χ3n) is 3.50. The Labute approximate surface area is 122 Å². The van der Waals surface area contributed by atoms with E-state index in [2.05, 4.69) is 16.4 Å². The Morgan fingerprint density at radius 1 is 1.29 bits per heavy atom. The van der Waals surface area contributed by atoms with Crippen molar-refractivity contribution in [1.82, 2.24) is 10.3 Å². The van der Waals surface area contributed by atoms with Crippen molar-refractivity contribution >= 4 is 11.0 Å². The van der Waals surface area contributed by atoms with E-state index in [0.29, 0.717) is 17.9 Å². The van der Waals surface area contributed by atoms with Crippen LogP contribution in [0, 0.1) is 12.7 Å². The zero-order chi connectivity index (χ0) is 14.8. The van der Waals surface area contributed by atoms with Crippen molar-refractivity contribution in [2.45, 2.75) is 19.9 Å². The van der Waals surface area contributed by atoms with Crippen LogP contribution in [0.4, 0.5) is 4.39 Å². The maximum absolute atomic E-state index is 14.0. The van der Waals surface area contributed by atoms with Gasteiger partial charge in [0.15, 0.2) is 0 Å². The Hall–Kier alpha value is -2.20. The van der Waals surface area contributed by atoms with Gasteiger partial charge in [0, 0.05) is 17.1 Å². The third-order valence-corrected chi connectivity index (χ3v) is 3.50. The first kappa shape index (κ1) is 13.8. The fraction of sp³-hybridized carbons (Fsp3) is 0.235. The smallest absolute Gasteiger partial charge is 0.146 e. The Balaban J connectivity index is 2.09. The molecule has 3 rings (SSSR count). The van der Waals surface area contributed by atoms with Crippen LogP contribution in [0.25, 0.3) is 11.0 Å². The number of nitrogens with one attached hydrogen (secondary N) is 1. The molecule has 0 saturated carbocycles. The van der Waals surface area contributed by atoms with Crippen molar-refractivity contribution in [2.75, 3.05) is 6.54 Å². The number of halogens is 1. The number of benzene rings is 1. The summed E-state index contributed by atoms with van der Waals surface area (Å²) < 4.78 is 19.9. The molecule has 0 aliphatic carbocycles. The SMILES string of the molecule is CCNC(c1cc2cc(C)ccc2o1)c1ccncc1F. The van der Waals surface area contributed by atoms with Gasteiger partial charge in [0.1, 0.15) is 17.2 Å². The highest BCUT2D eigenvalue weighted by Crippen LogP contribution is 2.29. The van der Waals surface area contributed by atoms with Gasteiger partial charge in [-0.1, -0.05) is 18.6 Å². The first-order valence-corrected chi connectivity index (χ1v) is 7.02. The van der Waals surface area contributed by atoms with Crippen LogP contribution in [-0.4, -0.2) is 11.5 Å². The standard InChI is InChI=1S/C17H17FN2O/c1-3-20-17(13-6-7-19-10-14(13)18)16-9-12-8-11(2)4-5-15(12)21-16/h4-10,17,20H,3H2,1-2H3. The van der Waals surface area contributed by atoms with E-state index in [4.69, 9.17) is 4.42 Å². The largest absolute Gasteiger partial charge is 0.459 e. The second-order valence-corrected chi connectivity index (χ2v) is 5.08. The Morgan fingerprint density at radius 2 is 2.14 bits per heavy atom. The van der Waals surface area contributed by atoms with E-state index in [1.54, 1.807) is 12.3 Å². The van der Waals surface area contributed by atoms with Gasteiger partial charge < -0.3 is 9.73 Å². The normalized spacial score (nSPS) is 12.7. The lowest BCUT2D eigenvalue weighted by Crippen LogP contribution is -2.22. The molecule has 2 aromatic heterocycles. The summed E-state index contributed by atoms with van der Waals surface area (Å²) in [4.78, 5) is 3.80. The van der Waals surface area contributed by atoms with Crippen LogP contribution in [0.3, 0.4) is 0 Å². The van der Waals surface area contributed by atoms with Crippen LogP contribution in [0.15, 0.2) is 47.1 Å². The van der Waals surface area contributed by atoms with E-state index in [9.17, 15) is 4.39 Å². The quantitative estimate of drug-likeness (QED) is 0.787. The molecule has 2 heterocycles. The summed E-state index contributed by atoms with van der Waals surface area (Å²) >= 11 is 0. The van der Waals surface area contributed by atoms with Gasteiger partial charge in [-0.25, -0.2) is 4.39 Å². The van der Waals surface area contributed by atoms with Crippen molar-refractivity contribution < 1.29 is 8.81 Å². The molecular weight excluding hydrogens is 267 g/mol. The Bertz CT molecular complexity index is 766. The molecule has 1 atom stereocenters. The zero-order valence-corrected chi connectivity index (χ0v) is 12.1. The predicted octanol–water partition coefficient (Wildman–Crippen LogP) is 3.97. The lowest BCUT2D eigenvalue weighted by molar-refractivity contribution is 0.461. The molecule has 0 radical (unpaired) electrons. The summed E-state index contributed by atoms with van der Waals surface area (Å²) in [6, 6.07) is 9.35. The van der Waals surface area contributed by atoms with Crippen LogP contribution in [-0.2, 0) is 0 Å². The van der Waals surface area contributed by atoms with Gasteiger partial charge in [0.25, 0.3) is 0 Å². The van der Waals surface area contributed by atoms with E-state index >= 15 is 0 Å². The minimum atomic E-state index is -0.333. The average Bonchev–Trinajstić information content (AvgIpc) is 2.88. The van der Waals surface area contributed by atoms with E-state index < -0.39 is 0 Å². The summed E-state index contributed by atoms with van der Waals surface area (Å²) in [5.41, 5.74) is 2.53. The Kier molecular flexibility index (Phi) is 3.71. The fourth-order valence-electron chi connectivity index (χ4n) is 2.51. The van der Waals surface area contributed by atoms with Crippen molar-refractivity contribution in [3.05, 3.63) is 65.4 Å². The highest BCUT2D eigenvalue weighted by atomic mass is 19.1. The maximum Gasteiger partial charge on any atom is 0.146 e. The lowest BCUT2D eigenvalue weighted by Gasteiger charge is -2.16. The number of nitrogens with zero attached hydrogens (tertiary/aromatic N) is 1. The fourth-order valence-corrected chi connectivity index (χ4v) is 2.51. The molecule has 108 valence electrons. The zero-order valence-electron chi connectivity index (χ0n) is 12.1. The molecule has 4 heteroatoms. The van der Waals surface area contributed by atoms with Crippen LogP contribution < -0.4 is 5.32 Å². The monoisotopic (exact) mass is 284 g/mol. The molecule has 0 fully saturated rings. The second kappa shape index (κ2) is 5.66. The first-order valence-electron chi connectivity index (χ1n) is 7.02. The van der Waals surface area contributed by atoms with Crippen molar-refractivity contribution in [2.24, 2.45) is 0 Å². The van der Waals surface area contributed by atoms with Crippen molar-refractivity contribution in [3.63, 3.8) is 0 Å². The molecule has 0 bridgehead atoms. The van der Waals surface area contributed by atoms with Gasteiger partial charge in [-0.05, 0) is 37.7 Å². The number of fused-ring (bicyclic) bond motifs is 1. The maximum atomic E-state index is 14.0. The van der Waals surface area contributed by atoms with Gasteiger partial charge in [0.05, 0.1) is 12.2 Å². The first-order chi connectivity index (χ1) is 10.2. The van der Waals surface area contributed by atoms with Crippen LogP contribution >= 0.6 is 0 Å². The van der Waals surface area contributed by atoms with Crippen molar-refractivity contribution in [3.8, 4) is 0 Å². The molecule has 0 aliphatic heterocycles. The van der Waals surface area contributed by atoms with Crippen molar-refractivity contribution in [1.29, 1.82) is 0 Å². The van der Waals surface area contributed by atoms with E-state index in [1.807, 2.05) is 32.0 Å². The topological polar surface area (TPSA) is 38.1 Å². The molecule has 1 N–H and O–H groups in total. The van der Waals surface area contributed by atoms with Gasteiger partial charge in [-0.2, -0.15) is 0 Å². The lowest BCUT2D eigenvalue weighted by atomic mass is 10.0. The van der Waals surface area contributed by atoms with E-state index in [0.717, 1.165) is 11.0 Å². The van der Waals surface area contributed by atoms with Gasteiger partial charge in [0.2, 0.25) is 0 Å². The van der Waals surface area contributed by atoms with Gasteiger partial charge >= 0.3 is 0 Å². The summed E-state index contributed by atoms with van der Waals surface area (Å²) in [6.45, 7) is 4.73. The number of aryl methyl sites for hydroxylation is 1. The van der Waals surface area contributed by atoms with E-state index in [-0.39, 0.29) is 11.9 Å². The highest BCUT2D eigenvalue weighted by Gasteiger charge is 2.20.